The Morgan fingerprint density at radius 2 is 0.550 bits per heavy atom. The summed E-state index contributed by atoms with van der Waals surface area (Å²) in [6.45, 7) is 21.5. The van der Waals surface area contributed by atoms with Gasteiger partial charge in [0.05, 0.1) is 0 Å². The average Bonchev–Trinajstić information content (AvgIpc) is 2.49. The second-order valence-electron chi connectivity index (χ2n) is 4.77. The van der Waals surface area contributed by atoms with Crippen molar-refractivity contribution in [1.29, 1.82) is 0 Å². The van der Waals surface area contributed by atoms with Gasteiger partial charge in [0.25, 0.3) is 0 Å². The second kappa shape index (κ2) is 61.6. The van der Waals surface area contributed by atoms with Gasteiger partial charge in [-0.05, 0) is 0 Å². The Bertz CT molecular complexity index is 58.4. The molecule has 0 spiro atoms. The predicted molar refractivity (Wildman–Crippen MR) is 103 cm³/mol. The van der Waals surface area contributed by atoms with E-state index < -0.39 is 0 Å². The molecule has 0 heterocycles. The summed E-state index contributed by atoms with van der Waals surface area (Å²) in [6, 6.07) is 0. The van der Waals surface area contributed by atoms with Crippen LogP contribution in [-0.2, 0) is 0 Å². The van der Waals surface area contributed by atoms with Crippen LogP contribution in [-0.4, -0.2) is 0 Å². The molecule has 0 N–H and O–H groups in total. The van der Waals surface area contributed by atoms with Crippen LogP contribution in [0.5, 0.6) is 0 Å². The van der Waals surface area contributed by atoms with Gasteiger partial charge >= 0.3 is 0 Å². The summed E-state index contributed by atoms with van der Waals surface area (Å²) in [5.74, 6) is 0. The van der Waals surface area contributed by atoms with Gasteiger partial charge in [0.2, 0.25) is 0 Å². The minimum atomic E-state index is 1.25. The average molecular weight is 291 g/mol. The zero-order valence-corrected chi connectivity index (χ0v) is 17.1. The van der Waals surface area contributed by atoms with Gasteiger partial charge in [0.1, 0.15) is 0 Å². The highest BCUT2D eigenvalue weighted by molar-refractivity contribution is 4.31. The Kier molecular flexibility index (Phi) is 98.8. The maximum absolute atomic E-state index is 2.23. The standard InChI is InChI=1S/C6H14.C5H12.C4H10.C3H8.C2H6/c1-3-5-6-4-2;1-3-5-4-2;1-3-4-2;1-3-2;1-2/h3-6H2,1-2H3;3-5H2,1-2H3;3-4H2,1-2H3;3H2,1-2H3;1-2H3. The molecule has 0 saturated heterocycles. The van der Waals surface area contributed by atoms with Crippen LogP contribution in [0, 0.1) is 0 Å². The Morgan fingerprint density at radius 3 is 0.600 bits per heavy atom. The van der Waals surface area contributed by atoms with E-state index in [1.807, 2.05) is 13.8 Å². The Morgan fingerprint density at radius 1 is 0.350 bits per heavy atom. The maximum Gasteiger partial charge on any atom is -0.0536 e. The van der Waals surface area contributed by atoms with Crippen molar-refractivity contribution >= 4 is 0 Å². The summed E-state index contributed by atoms with van der Waals surface area (Å²) in [7, 11) is 0. The van der Waals surface area contributed by atoms with Crippen LogP contribution in [0.3, 0.4) is 0 Å². The lowest BCUT2D eigenvalue weighted by Gasteiger charge is -1.86. The van der Waals surface area contributed by atoms with Crippen LogP contribution in [0.4, 0.5) is 0 Å². The molecule has 0 atom stereocenters. The van der Waals surface area contributed by atoms with Gasteiger partial charge in [-0.25, -0.2) is 0 Å². The van der Waals surface area contributed by atoms with E-state index in [0.717, 1.165) is 0 Å². The summed E-state index contributed by atoms with van der Waals surface area (Å²) in [4.78, 5) is 0. The van der Waals surface area contributed by atoms with Crippen LogP contribution in [0.1, 0.15) is 133 Å². The molecule has 0 fully saturated rings. The highest BCUT2D eigenvalue weighted by atomic mass is 13.8. The summed E-state index contributed by atoms with van der Waals surface area (Å²) in [5, 5.41) is 0. The van der Waals surface area contributed by atoms with Crippen LogP contribution in [0.25, 0.3) is 0 Å². The molecule has 130 valence electrons. The summed E-state index contributed by atoms with van der Waals surface area (Å²) in [6.07, 6.45) is 13.5. The lowest BCUT2D eigenvalue weighted by molar-refractivity contribution is 0.702. The fourth-order valence-electron chi connectivity index (χ4n) is 0.854. The van der Waals surface area contributed by atoms with Gasteiger partial charge in [-0.2, -0.15) is 0 Å². The molecule has 0 aliphatic carbocycles. The fraction of sp³-hybridized carbons (Fsp3) is 1.00. The van der Waals surface area contributed by atoms with E-state index in [-0.39, 0.29) is 0 Å². The van der Waals surface area contributed by atoms with Crippen LogP contribution < -0.4 is 0 Å². The predicted octanol–water partition coefficient (Wildman–Crippen LogP) is 9.03. The second-order valence-corrected chi connectivity index (χ2v) is 4.77. The molecule has 0 radical (unpaired) electrons. The van der Waals surface area contributed by atoms with Gasteiger partial charge in [0.15, 0.2) is 0 Å². The molecule has 0 heteroatoms. The first-order valence-corrected chi connectivity index (χ1v) is 9.66. The topological polar surface area (TPSA) is 0 Å². The molecule has 0 saturated carbocycles. The first-order chi connectivity index (χ1) is 9.66. The molecule has 0 amide bonds. The molecule has 20 heavy (non-hydrogen) atoms. The molecule has 0 nitrogen and oxygen atoms in total. The molecule has 0 aromatic rings. The normalized spacial score (nSPS) is 7.50. The molecule has 0 aliphatic rings. The molecular weight excluding hydrogens is 240 g/mol. The molecule has 0 rings (SSSR count). The van der Waals surface area contributed by atoms with Crippen LogP contribution in [0.2, 0.25) is 0 Å². The monoisotopic (exact) mass is 290 g/mol. The minimum Gasteiger partial charge on any atom is -0.0683 e. The molecule has 0 aliphatic heterocycles. The lowest BCUT2D eigenvalue weighted by Crippen LogP contribution is -1.66. The molecule has 0 aromatic carbocycles. The number of hydrogen-bond donors (Lipinski definition) is 0. The van der Waals surface area contributed by atoms with Gasteiger partial charge in [-0.15, -0.1) is 0 Å². The first-order valence-electron chi connectivity index (χ1n) is 9.66. The third-order valence-electron chi connectivity index (χ3n) is 2.16. The van der Waals surface area contributed by atoms with Crippen molar-refractivity contribution in [3.63, 3.8) is 0 Å². The zero-order valence-electron chi connectivity index (χ0n) is 17.1. The third kappa shape index (κ3) is 144. The molecular formula is C20H50. The van der Waals surface area contributed by atoms with Crippen molar-refractivity contribution in [2.24, 2.45) is 0 Å². The number of unbranched alkanes of at least 4 members (excludes halogenated alkanes) is 6. The van der Waals surface area contributed by atoms with Crippen LogP contribution >= 0.6 is 0 Å². The van der Waals surface area contributed by atoms with E-state index in [1.54, 1.807) is 0 Å². The zero-order chi connectivity index (χ0) is 17.1. The van der Waals surface area contributed by atoms with Gasteiger partial charge in [-0.3, -0.25) is 0 Å². The van der Waals surface area contributed by atoms with Crippen molar-refractivity contribution < 1.29 is 0 Å². The smallest absolute Gasteiger partial charge is 0.0536 e. The molecule has 0 unspecified atom stereocenters. The summed E-state index contributed by atoms with van der Waals surface area (Å²) < 4.78 is 0. The van der Waals surface area contributed by atoms with E-state index in [4.69, 9.17) is 0 Å². The first kappa shape index (κ1) is 32.1. The molecule has 0 aromatic heterocycles. The van der Waals surface area contributed by atoms with Gasteiger partial charge in [0, 0.05) is 0 Å². The SMILES string of the molecule is CC.CCC.CCCC.CCCCC.CCCCCC. The Balaban J connectivity index is -0.0000000492. The fourth-order valence-corrected chi connectivity index (χ4v) is 0.854. The highest BCUT2D eigenvalue weighted by Crippen LogP contribution is 1.95. The van der Waals surface area contributed by atoms with Crippen LogP contribution in [0.15, 0.2) is 0 Å². The van der Waals surface area contributed by atoms with Crippen molar-refractivity contribution in [3.8, 4) is 0 Å². The summed E-state index contributed by atoms with van der Waals surface area (Å²) in [5.41, 5.74) is 0. The third-order valence-corrected chi connectivity index (χ3v) is 2.16. The summed E-state index contributed by atoms with van der Waals surface area (Å²) >= 11 is 0. The Labute approximate surface area is 134 Å². The van der Waals surface area contributed by atoms with Crippen molar-refractivity contribution in [2.75, 3.05) is 0 Å². The quantitative estimate of drug-likeness (QED) is 0.428. The maximum atomic E-state index is 2.23. The largest absolute Gasteiger partial charge is 0.0683 e. The van der Waals surface area contributed by atoms with Crippen molar-refractivity contribution in [3.05, 3.63) is 0 Å². The minimum absolute atomic E-state index is 1.25. The van der Waals surface area contributed by atoms with E-state index >= 15 is 0 Å². The van der Waals surface area contributed by atoms with E-state index in [9.17, 15) is 0 Å². The lowest BCUT2D eigenvalue weighted by atomic mass is 10.2. The highest BCUT2D eigenvalue weighted by Gasteiger charge is 1.75. The van der Waals surface area contributed by atoms with E-state index in [0.29, 0.717) is 0 Å². The van der Waals surface area contributed by atoms with Crippen molar-refractivity contribution in [2.45, 2.75) is 133 Å². The molecule has 0 bridgehead atoms. The van der Waals surface area contributed by atoms with E-state index in [1.165, 1.54) is 64.2 Å². The van der Waals surface area contributed by atoms with Gasteiger partial charge < -0.3 is 0 Å². The van der Waals surface area contributed by atoms with Gasteiger partial charge in [-0.1, -0.05) is 133 Å². The van der Waals surface area contributed by atoms with Crippen molar-refractivity contribution in [1.82, 2.24) is 0 Å². The Hall–Kier alpha value is 0. The number of rotatable bonds is 6. The van der Waals surface area contributed by atoms with E-state index in [2.05, 4.69) is 55.4 Å². The number of hydrogen-bond acceptors (Lipinski definition) is 0.